The molecular formula is C22H34N2O3. The lowest BCUT2D eigenvalue weighted by Gasteiger charge is -2.35. The van der Waals surface area contributed by atoms with Crippen LogP contribution < -0.4 is 14.8 Å². The molecule has 0 bridgehead atoms. The zero-order valence-electron chi connectivity index (χ0n) is 16.8. The van der Waals surface area contributed by atoms with Gasteiger partial charge in [-0.1, -0.05) is 25.3 Å². The number of amides is 1. The Morgan fingerprint density at radius 1 is 1.04 bits per heavy atom. The van der Waals surface area contributed by atoms with Gasteiger partial charge >= 0.3 is 0 Å². The normalized spacial score (nSPS) is 19.6. The fourth-order valence-corrected chi connectivity index (χ4v) is 4.45. The molecule has 5 heteroatoms. The number of benzene rings is 1. The first kappa shape index (κ1) is 20.0. The molecule has 1 saturated carbocycles. The number of likely N-dealkylation sites (tertiary alicyclic amines) is 1. The van der Waals surface area contributed by atoms with E-state index >= 15 is 0 Å². The standard InChI is InChI=1S/C22H34N2O3/c1-26-20-9-8-18(14-21(20)27-2)15-22(25)23-19-10-12-24(13-11-19)16-17-6-4-3-5-7-17/h8-9,14,17,19H,3-7,10-13,15-16H2,1-2H3,(H,23,25). The van der Waals surface area contributed by atoms with E-state index in [4.69, 9.17) is 9.47 Å². The Kier molecular flexibility index (Phi) is 7.39. The number of hydrogen-bond donors (Lipinski definition) is 1. The summed E-state index contributed by atoms with van der Waals surface area (Å²) in [4.78, 5) is 15.0. The van der Waals surface area contributed by atoms with Gasteiger partial charge in [-0.25, -0.2) is 0 Å². The third-order valence-corrected chi connectivity index (χ3v) is 6.01. The fourth-order valence-electron chi connectivity index (χ4n) is 4.45. The molecule has 1 amide bonds. The van der Waals surface area contributed by atoms with Crippen molar-refractivity contribution < 1.29 is 14.3 Å². The first-order valence-corrected chi connectivity index (χ1v) is 10.4. The number of ether oxygens (including phenoxy) is 2. The van der Waals surface area contributed by atoms with Crippen LogP contribution in [0.5, 0.6) is 11.5 Å². The van der Waals surface area contributed by atoms with Gasteiger partial charge < -0.3 is 19.7 Å². The molecule has 5 nitrogen and oxygen atoms in total. The van der Waals surface area contributed by atoms with E-state index < -0.39 is 0 Å². The molecular weight excluding hydrogens is 340 g/mol. The summed E-state index contributed by atoms with van der Waals surface area (Å²) in [5.41, 5.74) is 0.944. The predicted octanol–water partition coefficient (Wildman–Crippen LogP) is 3.41. The molecule has 27 heavy (non-hydrogen) atoms. The number of carbonyl (C=O) groups is 1. The first-order chi connectivity index (χ1) is 13.2. The number of hydrogen-bond acceptors (Lipinski definition) is 4. The highest BCUT2D eigenvalue weighted by molar-refractivity contribution is 5.79. The van der Waals surface area contributed by atoms with E-state index in [0.717, 1.165) is 37.4 Å². The summed E-state index contributed by atoms with van der Waals surface area (Å²) in [5, 5.41) is 3.22. The highest BCUT2D eigenvalue weighted by Crippen LogP contribution is 2.28. The zero-order chi connectivity index (χ0) is 19.1. The highest BCUT2D eigenvalue weighted by Gasteiger charge is 2.23. The van der Waals surface area contributed by atoms with E-state index in [1.54, 1.807) is 14.2 Å². The van der Waals surface area contributed by atoms with Crippen LogP contribution in [-0.2, 0) is 11.2 Å². The Morgan fingerprint density at radius 3 is 2.41 bits per heavy atom. The highest BCUT2D eigenvalue weighted by atomic mass is 16.5. The number of nitrogens with zero attached hydrogens (tertiary/aromatic N) is 1. The molecule has 0 aromatic heterocycles. The molecule has 0 unspecified atom stereocenters. The summed E-state index contributed by atoms with van der Waals surface area (Å²) in [7, 11) is 3.23. The van der Waals surface area contributed by atoms with Crippen molar-refractivity contribution in [1.29, 1.82) is 0 Å². The second-order valence-electron chi connectivity index (χ2n) is 8.01. The Bertz CT molecular complexity index is 606. The van der Waals surface area contributed by atoms with Gasteiger partial charge in [0.2, 0.25) is 5.91 Å². The average Bonchev–Trinajstić information content (AvgIpc) is 2.70. The molecule has 1 aromatic rings. The Hall–Kier alpha value is -1.75. The van der Waals surface area contributed by atoms with Gasteiger partial charge in [0.05, 0.1) is 20.6 Å². The maximum Gasteiger partial charge on any atom is 0.224 e. The summed E-state index contributed by atoms with van der Waals surface area (Å²) in [6.07, 6.45) is 9.55. The van der Waals surface area contributed by atoms with Crippen molar-refractivity contribution in [3.05, 3.63) is 23.8 Å². The van der Waals surface area contributed by atoms with Crippen molar-refractivity contribution in [2.45, 2.75) is 57.4 Å². The number of nitrogens with one attached hydrogen (secondary N) is 1. The van der Waals surface area contributed by atoms with E-state index in [9.17, 15) is 4.79 Å². The quantitative estimate of drug-likeness (QED) is 0.795. The van der Waals surface area contributed by atoms with Crippen LogP contribution in [0, 0.1) is 5.92 Å². The SMILES string of the molecule is COc1ccc(CC(=O)NC2CCN(CC3CCCCC3)CC2)cc1OC. The lowest BCUT2D eigenvalue weighted by atomic mass is 9.88. The van der Waals surface area contributed by atoms with E-state index in [1.807, 2.05) is 18.2 Å². The van der Waals surface area contributed by atoms with Gasteiger partial charge in [-0.15, -0.1) is 0 Å². The zero-order valence-corrected chi connectivity index (χ0v) is 16.8. The van der Waals surface area contributed by atoms with Crippen LogP contribution in [-0.4, -0.2) is 50.7 Å². The van der Waals surface area contributed by atoms with E-state index in [1.165, 1.54) is 38.6 Å². The molecule has 1 aromatic carbocycles. The van der Waals surface area contributed by atoms with E-state index in [0.29, 0.717) is 24.0 Å². The topological polar surface area (TPSA) is 50.8 Å². The molecule has 0 radical (unpaired) electrons. The molecule has 3 rings (SSSR count). The molecule has 1 heterocycles. The first-order valence-electron chi connectivity index (χ1n) is 10.4. The van der Waals surface area contributed by atoms with Crippen LogP contribution >= 0.6 is 0 Å². The summed E-state index contributed by atoms with van der Waals surface area (Å²) in [5.74, 6) is 2.34. The maximum atomic E-state index is 12.4. The molecule has 1 saturated heterocycles. The number of piperidine rings is 1. The van der Waals surface area contributed by atoms with Crippen molar-refractivity contribution in [3.8, 4) is 11.5 Å². The van der Waals surface area contributed by atoms with Gasteiger partial charge in [-0.2, -0.15) is 0 Å². The molecule has 2 aliphatic rings. The van der Waals surface area contributed by atoms with Gasteiger partial charge in [0, 0.05) is 25.7 Å². The molecule has 2 fully saturated rings. The third-order valence-electron chi connectivity index (χ3n) is 6.01. The largest absolute Gasteiger partial charge is 0.493 e. The van der Waals surface area contributed by atoms with Crippen molar-refractivity contribution >= 4 is 5.91 Å². The fraction of sp³-hybridized carbons (Fsp3) is 0.682. The van der Waals surface area contributed by atoms with Crippen LogP contribution in [0.4, 0.5) is 0 Å². The molecule has 0 spiro atoms. The van der Waals surface area contributed by atoms with Gasteiger partial charge in [-0.3, -0.25) is 4.79 Å². The summed E-state index contributed by atoms with van der Waals surface area (Å²) in [6, 6.07) is 5.96. The molecule has 1 N–H and O–H groups in total. The van der Waals surface area contributed by atoms with Gasteiger partial charge in [0.15, 0.2) is 11.5 Å². The minimum Gasteiger partial charge on any atom is -0.493 e. The van der Waals surface area contributed by atoms with Crippen molar-refractivity contribution in [2.75, 3.05) is 33.9 Å². The molecule has 150 valence electrons. The molecule has 1 aliphatic heterocycles. The smallest absolute Gasteiger partial charge is 0.224 e. The van der Waals surface area contributed by atoms with Crippen LogP contribution in [0.15, 0.2) is 18.2 Å². The summed E-state index contributed by atoms with van der Waals surface area (Å²) in [6.45, 7) is 3.47. The number of methoxy groups -OCH3 is 2. The van der Waals surface area contributed by atoms with Gasteiger partial charge in [0.25, 0.3) is 0 Å². The summed E-state index contributed by atoms with van der Waals surface area (Å²) < 4.78 is 10.6. The Morgan fingerprint density at radius 2 is 1.74 bits per heavy atom. The van der Waals surface area contributed by atoms with E-state index in [-0.39, 0.29) is 5.91 Å². The van der Waals surface area contributed by atoms with Gasteiger partial charge in [0.1, 0.15) is 0 Å². The third kappa shape index (κ3) is 5.86. The lowest BCUT2D eigenvalue weighted by molar-refractivity contribution is -0.121. The van der Waals surface area contributed by atoms with Crippen LogP contribution in [0.2, 0.25) is 0 Å². The molecule has 0 atom stereocenters. The maximum absolute atomic E-state index is 12.4. The van der Waals surface area contributed by atoms with Crippen LogP contribution in [0.1, 0.15) is 50.5 Å². The number of carbonyl (C=O) groups excluding carboxylic acids is 1. The monoisotopic (exact) mass is 374 g/mol. The van der Waals surface area contributed by atoms with Crippen molar-refractivity contribution in [1.82, 2.24) is 10.2 Å². The summed E-state index contributed by atoms with van der Waals surface area (Å²) >= 11 is 0. The van der Waals surface area contributed by atoms with Crippen molar-refractivity contribution in [3.63, 3.8) is 0 Å². The number of rotatable bonds is 7. The van der Waals surface area contributed by atoms with Crippen LogP contribution in [0.25, 0.3) is 0 Å². The van der Waals surface area contributed by atoms with Gasteiger partial charge in [-0.05, 0) is 49.3 Å². The van der Waals surface area contributed by atoms with Crippen molar-refractivity contribution in [2.24, 2.45) is 5.92 Å². The van der Waals surface area contributed by atoms with E-state index in [2.05, 4.69) is 10.2 Å². The molecule has 1 aliphatic carbocycles. The second kappa shape index (κ2) is 9.98. The average molecular weight is 375 g/mol. The second-order valence-corrected chi connectivity index (χ2v) is 8.01. The van der Waals surface area contributed by atoms with Crippen LogP contribution in [0.3, 0.4) is 0 Å². The minimum atomic E-state index is 0.0907. The minimum absolute atomic E-state index is 0.0907. The Labute approximate surface area is 163 Å². The predicted molar refractivity (Wildman–Crippen MR) is 107 cm³/mol. The Balaban J connectivity index is 1.41. The lowest BCUT2D eigenvalue weighted by Crippen LogP contribution is -2.46.